The topological polar surface area (TPSA) is 12.0 Å². The van der Waals surface area contributed by atoms with Gasteiger partial charge < -0.3 is 5.32 Å². The summed E-state index contributed by atoms with van der Waals surface area (Å²) in [6.07, 6.45) is 7.13. The highest BCUT2D eigenvalue weighted by Gasteiger charge is 1.69. The molecule has 33 valence electrons. The van der Waals surface area contributed by atoms with Gasteiger partial charge in [0.15, 0.2) is 0 Å². The van der Waals surface area contributed by atoms with E-state index in [1.807, 2.05) is 7.05 Å². The molecule has 0 aliphatic rings. The van der Waals surface area contributed by atoms with Gasteiger partial charge in [0.1, 0.15) is 0 Å². The highest BCUT2D eigenvalue weighted by Crippen LogP contribution is 1.63. The number of hydrogen-bond donors (Lipinski definition) is 1. The lowest BCUT2D eigenvalue weighted by Crippen LogP contribution is -2.05. The smallest absolute Gasteiger partial charge is 0.0224 e. The molecule has 0 aromatic heterocycles. The van der Waals surface area contributed by atoms with Gasteiger partial charge in [-0.2, -0.15) is 0 Å². The van der Waals surface area contributed by atoms with E-state index in [1.54, 1.807) is 0 Å². The van der Waals surface area contributed by atoms with Crippen molar-refractivity contribution in [3.05, 3.63) is 6.42 Å². The number of nitrogens with one attached hydrogen (secondary N) is 1. The molecular formula is C5H8N. The molecule has 0 heterocycles. The molecule has 0 saturated carbocycles. The second kappa shape index (κ2) is 4.52. The first-order chi connectivity index (χ1) is 2.91. The third kappa shape index (κ3) is 3.52. The average Bonchev–Trinajstić information content (AvgIpc) is 1.61. The normalized spacial score (nSPS) is 7.33. The standard InChI is InChI=1S/C5H8N/c1-3-4-5-6-2/h6H,4-5H2,2H3. The van der Waals surface area contributed by atoms with Crippen LogP contribution in [0, 0.1) is 12.3 Å². The quantitative estimate of drug-likeness (QED) is 0.370. The molecule has 1 N–H and O–H groups in total. The Kier molecular flexibility index (Phi) is 4.16. The number of rotatable bonds is 2. The van der Waals surface area contributed by atoms with Gasteiger partial charge in [-0.1, -0.05) is 5.92 Å². The first-order valence-electron chi connectivity index (χ1n) is 1.96. The van der Waals surface area contributed by atoms with Gasteiger partial charge in [0.05, 0.1) is 0 Å². The van der Waals surface area contributed by atoms with E-state index in [1.165, 1.54) is 0 Å². The molecule has 0 atom stereocenters. The van der Waals surface area contributed by atoms with Crippen molar-refractivity contribution in [1.82, 2.24) is 5.32 Å². The lowest BCUT2D eigenvalue weighted by Gasteiger charge is -1.84. The Morgan fingerprint density at radius 2 is 2.50 bits per heavy atom. The van der Waals surface area contributed by atoms with Crippen LogP contribution in [-0.2, 0) is 0 Å². The Morgan fingerprint density at radius 1 is 1.83 bits per heavy atom. The predicted octanol–water partition coefficient (Wildman–Crippen LogP) is 0.186. The second-order valence-corrected chi connectivity index (χ2v) is 1.03. The first kappa shape index (κ1) is 5.52. The summed E-state index contributed by atoms with van der Waals surface area (Å²) in [7, 11) is 1.86. The molecule has 1 heteroatoms. The summed E-state index contributed by atoms with van der Waals surface area (Å²) >= 11 is 0. The van der Waals surface area contributed by atoms with E-state index < -0.39 is 0 Å². The predicted molar refractivity (Wildman–Crippen MR) is 25.7 cm³/mol. The lowest BCUT2D eigenvalue weighted by atomic mass is 10.4. The molecule has 0 aliphatic heterocycles. The van der Waals surface area contributed by atoms with E-state index in [4.69, 9.17) is 6.42 Å². The maximum atomic E-state index is 6.42. The second-order valence-electron chi connectivity index (χ2n) is 1.03. The monoisotopic (exact) mass is 82.1 g/mol. The molecule has 0 unspecified atom stereocenters. The van der Waals surface area contributed by atoms with Crippen LogP contribution in [0.4, 0.5) is 0 Å². The Hall–Kier alpha value is -0.480. The van der Waals surface area contributed by atoms with Crippen molar-refractivity contribution in [1.29, 1.82) is 0 Å². The van der Waals surface area contributed by atoms with Crippen molar-refractivity contribution in [2.24, 2.45) is 0 Å². The third-order valence-electron chi connectivity index (χ3n) is 0.500. The van der Waals surface area contributed by atoms with Gasteiger partial charge in [-0.15, -0.1) is 0 Å². The molecule has 0 bridgehead atoms. The van der Waals surface area contributed by atoms with Crippen LogP contribution in [0.3, 0.4) is 0 Å². The molecule has 0 saturated heterocycles. The maximum Gasteiger partial charge on any atom is 0.0224 e. The van der Waals surface area contributed by atoms with Crippen LogP contribution in [0.1, 0.15) is 6.42 Å². The van der Waals surface area contributed by atoms with Crippen molar-refractivity contribution >= 4 is 0 Å². The summed E-state index contributed by atoms with van der Waals surface area (Å²) in [5, 5.41) is 2.89. The summed E-state index contributed by atoms with van der Waals surface area (Å²) in [6.45, 7) is 0.865. The van der Waals surface area contributed by atoms with E-state index >= 15 is 0 Å². The molecule has 0 fully saturated rings. The molecule has 6 heavy (non-hydrogen) atoms. The Bertz CT molecular complexity index is 51.4. The van der Waals surface area contributed by atoms with Crippen LogP contribution >= 0.6 is 0 Å². The van der Waals surface area contributed by atoms with Gasteiger partial charge in [0.25, 0.3) is 0 Å². The van der Waals surface area contributed by atoms with E-state index in [0.717, 1.165) is 13.0 Å². The van der Waals surface area contributed by atoms with Crippen LogP contribution in [-0.4, -0.2) is 13.6 Å². The van der Waals surface area contributed by atoms with Gasteiger partial charge in [-0.3, -0.25) is 0 Å². The summed E-state index contributed by atoms with van der Waals surface area (Å²) < 4.78 is 0. The highest BCUT2D eigenvalue weighted by atomic mass is 14.8. The fourth-order valence-electron chi connectivity index (χ4n) is 0.187. The van der Waals surface area contributed by atoms with Crippen LogP contribution in [0.25, 0.3) is 0 Å². The number of hydrogen-bond acceptors (Lipinski definition) is 1. The van der Waals surface area contributed by atoms with Crippen LogP contribution < -0.4 is 5.32 Å². The Morgan fingerprint density at radius 3 is 2.67 bits per heavy atom. The van der Waals surface area contributed by atoms with Crippen molar-refractivity contribution in [3.8, 4) is 5.92 Å². The van der Waals surface area contributed by atoms with Crippen molar-refractivity contribution < 1.29 is 0 Å². The van der Waals surface area contributed by atoms with Gasteiger partial charge in [-0.25, -0.2) is 0 Å². The molecule has 1 radical (unpaired) electrons. The third-order valence-corrected chi connectivity index (χ3v) is 0.500. The average molecular weight is 82.1 g/mol. The summed E-state index contributed by atoms with van der Waals surface area (Å²) in [6, 6.07) is 0. The van der Waals surface area contributed by atoms with E-state index in [9.17, 15) is 0 Å². The Labute approximate surface area is 38.7 Å². The molecule has 0 rings (SSSR count). The van der Waals surface area contributed by atoms with Crippen molar-refractivity contribution in [2.75, 3.05) is 13.6 Å². The van der Waals surface area contributed by atoms with E-state index in [-0.39, 0.29) is 0 Å². The zero-order valence-corrected chi connectivity index (χ0v) is 3.91. The minimum Gasteiger partial charge on any atom is -0.319 e. The Balaban J connectivity index is 2.54. The zero-order chi connectivity index (χ0) is 4.83. The highest BCUT2D eigenvalue weighted by molar-refractivity contribution is 4.75. The van der Waals surface area contributed by atoms with E-state index in [2.05, 4.69) is 11.2 Å². The zero-order valence-electron chi connectivity index (χ0n) is 3.91. The molecule has 0 amide bonds. The molecule has 0 spiro atoms. The SMILES string of the molecule is [C]#CCCNC. The van der Waals surface area contributed by atoms with Gasteiger partial charge >= 0.3 is 0 Å². The van der Waals surface area contributed by atoms with Gasteiger partial charge in [0.2, 0.25) is 0 Å². The van der Waals surface area contributed by atoms with Gasteiger partial charge in [0, 0.05) is 13.0 Å². The molecule has 0 aromatic carbocycles. The molecule has 1 nitrogen and oxygen atoms in total. The van der Waals surface area contributed by atoms with Crippen LogP contribution in [0.15, 0.2) is 0 Å². The minimum absolute atomic E-state index is 0.719. The fraction of sp³-hybridized carbons (Fsp3) is 0.600. The van der Waals surface area contributed by atoms with Crippen molar-refractivity contribution in [3.63, 3.8) is 0 Å². The molecular weight excluding hydrogens is 74.1 g/mol. The first-order valence-corrected chi connectivity index (χ1v) is 1.96. The van der Waals surface area contributed by atoms with E-state index in [0.29, 0.717) is 0 Å². The van der Waals surface area contributed by atoms with Crippen LogP contribution in [0.2, 0.25) is 0 Å². The van der Waals surface area contributed by atoms with Gasteiger partial charge in [-0.05, 0) is 13.5 Å². The molecule has 0 aliphatic carbocycles. The van der Waals surface area contributed by atoms with Crippen molar-refractivity contribution in [2.45, 2.75) is 6.42 Å². The summed E-state index contributed by atoms with van der Waals surface area (Å²) in [5.41, 5.74) is 0. The summed E-state index contributed by atoms with van der Waals surface area (Å²) in [5.74, 6) is 2.26. The lowest BCUT2D eigenvalue weighted by molar-refractivity contribution is 0.818. The summed E-state index contributed by atoms with van der Waals surface area (Å²) in [4.78, 5) is 0. The fourth-order valence-corrected chi connectivity index (χ4v) is 0.187. The largest absolute Gasteiger partial charge is 0.319 e. The van der Waals surface area contributed by atoms with Crippen LogP contribution in [0.5, 0.6) is 0 Å². The minimum atomic E-state index is 0.719. The molecule has 0 aromatic rings. The maximum absolute atomic E-state index is 6.42.